The molecular formula is C15H15BrN2OS. The molecule has 1 N–H and O–H groups in total. The van der Waals surface area contributed by atoms with Crippen LogP contribution in [-0.4, -0.2) is 16.6 Å². The summed E-state index contributed by atoms with van der Waals surface area (Å²) >= 11 is 4.91. The van der Waals surface area contributed by atoms with Crippen LogP contribution in [-0.2, 0) is 4.79 Å². The summed E-state index contributed by atoms with van der Waals surface area (Å²) in [6.07, 6.45) is 1.73. The Kier molecular flexibility index (Phi) is 5.61. The molecule has 2 aromatic rings. The van der Waals surface area contributed by atoms with Gasteiger partial charge in [-0.1, -0.05) is 22.0 Å². The van der Waals surface area contributed by atoms with E-state index in [0.717, 1.165) is 15.1 Å². The van der Waals surface area contributed by atoms with E-state index in [1.807, 2.05) is 49.4 Å². The highest BCUT2D eigenvalue weighted by molar-refractivity contribution is 9.10. The summed E-state index contributed by atoms with van der Waals surface area (Å²) in [5.41, 5.74) is 0.870. The molecule has 0 aliphatic rings. The number of pyridine rings is 1. The normalized spacial score (nSPS) is 11.9. The molecule has 1 amide bonds. The number of carbonyl (C=O) groups is 1. The average molecular weight is 351 g/mol. The lowest BCUT2D eigenvalue weighted by molar-refractivity contribution is -0.119. The summed E-state index contributed by atoms with van der Waals surface area (Å²) in [5, 5.41) is 2.95. The molecule has 0 radical (unpaired) electrons. The van der Waals surface area contributed by atoms with Crippen LogP contribution in [0.1, 0.15) is 18.7 Å². The minimum Gasteiger partial charge on any atom is -0.347 e. The van der Waals surface area contributed by atoms with Crippen LogP contribution in [0.5, 0.6) is 0 Å². The van der Waals surface area contributed by atoms with E-state index in [4.69, 9.17) is 0 Å². The van der Waals surface area contributed by atoms with Crippen LogP contribution in [0.25, 0.3) is 0 Å². The van der Waals surface area contributed by atoms with Gasteiger partial charge in [-0.2, -0.15) is 0 Å². The molecule has 0 bridgehead atoms. The summed E-state index contributed by atoms with van der Waals surface area (Å²) < 4.78 is 1.04. The Bertz CT molecular complexity index is 560. The molecule has 0 fully saturated rings. The Balaban J connectivity index is 1.82. The Morgan fingerprint density at radius 3 is 2.70 bits per heavy atom. The second kappa shape index (κ2) is 7.45. The molecular weight excluding hydrogens is 336 g/mol. The molecule has 0 saturated heterocycles. The van der Waals surface area contributed by atoms with Gasteiger partial charge in [-0.15, -0.1) is 11.8 Å². The Morgan fingerprint density at radius 1 is 1.30 bits per heavy atom. The predicted octanol–water partition coefficient (Wildman–Crippen LogP) is 3.81. The van der Waals surface area contributed by atoms with Crippen LogP contribution in [0.4, 0.5) is 0 Å². The molecule has 1 aromatic heterocycles. The molecule has 3 nitrogen and oxygen atoms in total. The number of rotatable bonds is 5. The van der Waals surface area contributed by atoms with E-state index in [9.17, 15) is 4.79 Å². The number of benzene rings is 1. The topological polar surface area (TPSA) is 42.0 Å². The summed E-state index contributed by atoms with van der Waals surface area (Å²) in [5.74, 6) is 0.412. The summed E-state index contributed by atoms with van der Waals surface area (Å²) in [7, 11) is 0. The molecule has 2 rings (SSSR count). The van der Waals surface area contributed by atoms with Crippen LogP contribution in [0.15, 0.2) is 58.0 Å². The molecule has 20 heavy (non-hydrogen) atoms. The van der Waals surface area contributed by atoms with Gasteiger partial charge < -0.3 is 5.32 Å². The number of nitrogens with one attached hydrogen (secondary N) is 1. The molecule has 104 valence electrons. The average Bonchev–Trinajstić information content (AvgIpc) is 2.47. The van der Waals surface area contributed by atoms with E-state index in [0.29, 0.717) is 5.75 Å². The first kappa shape index (κ1) is 15.1. The van der Waals surface area contributed by atoms with Crippen LogP contribution < -0.4 is 5.32 Å². The van der Waals surface area contributed by atoms with Crippen LogP contribution in [0, 0.1) is 0 Å². The van der Waals surface area contributed by atoms with Crippen molar-refractivity contribution in [2.75, 3.05) is 5.75 Å². The predicted molar refractivity (Wildman–Crippen MR) is 85.7 cm³/mol. The van der Waals surface area contributed by atoms with Gasteiger partial charge >= 0.3 is 0 Å². The third-order valence-electron chi connectivity index (χ3n) is 2.69. The number of thioether (sulfide) groups is 1. The number of hydrogen-bond donors (Lipinski definition) is 1. The van der Waals surface area contributed by atoms with Crippen LogP contribution >= 0.6 is 27.7 Å². The summed E-state index contributed by atoms with van der Waals surface area (Å²) in [4.78, 5) is 17.2. The van der Waals surface area contributed by atoms with Gasteiger partial charge in [0.15, 0.2) is 0 Å². The lowest BCUT2D eigenvalue weighted by Gasteiger charge is -2.13. The van der Waals surface area contributed by atoms with Crippen molar-refractivity contribution in [3.8, 4) is 0 Å². The smallest absolute Gasteiger partial charge is 0.230 e. The van der Waals surface area contributed by atoms with Crippen molar-refractivity contribution in [2.24, 2.45) is 0 Å². The Labute approximate surface area is 131 Å². The molecule has 0 aliphatic heterocycles. The first-order valence-corrected chi connectivity index (χ1v) is 8.01. The van der Waals surface area contributed by atoms with E-state index < -0.39 is 0 Å². The maximum atomic E-state index is 11.9. The molecule has 1 unspecified atom stereocenters. The number of amides is 1. The number of carbonyl (C=O) groups excluding carboxylic acids is 1. The van der Waals surface area contributed by atoms with E-state index in [-0.39, 0.29) is 11.9 Å². The second-order valence-corrected chi connectivity index (χ2v) is 6.25. The van der Waals surface area contributed by atoms with E-state index in [1.165, 1.54) is 11.8 Å². The van der Waals surface area contributed by atoms with Crippen molar-refractivity contribution in [1.82, 2.24) is 10.3 Å². The number of aromatic nitrogens is 1. The molecule has 0 aliphatic carbocycles. The Hall–Kier alpha value is -1.33. The third-order valence-corrected chi connectivity index (χ3v) is 4.23. The van der Waals surface area contributed by atoms with Crippen molar-refractivity contribution in [3.63, 3.8) is 0 Å². The molecule has 5 heteroatoms. The van der Waals surface area contributed by atoms with Gasteiger partial charge in [-0.3, -0.25) is 9.78 Å². The fourth-order valence-electron chi connectivity index (χ4n) is 1.67. The highest BCUT2D eigenvalue weighted by Gasteiger charge is 2.10. The zero-order chi connectivity index (χ0) is 14.4. The van der Waals surface area contributed by atoms with Gasteiger partial charge in [0.2, 0.25) is 5.91 Å². The van der Waals surface area contributed by atoms with Gasteiger partial charge in [-0.05, 0) is 43.3 Å². The van der Waals surface area contributed by atoms with Gasteiger partial charge in [0.25, 0.3) is 0 Å². The van der Waals surface area contributed by atoms with Crippen LogP contribution in [0.3, 0.4) is 0 Å². The quantitative estimate of drug-likeness (QED) is 0.833. The molecule has 1 heterocycles. The lowest BCUT2D eigenvalue weighted by atomic mass is 10.2. The van der Waals surface area contributed by atoms with Crippen molar-refractivity contribution in [2.45, 2.75) is 17.9 Å². The second-order valence-electron chi connectivity index (χ2n) is 4.29. The maximum absolute atomic E-state index is 11.9. The summed E-state index contributed by atoms with van der Waals surface area (Å²) in [6.45, 7) is 1.94. The molecule has 0 saturated carbocycles. The van der Waals surface area contributed by atoms with Crippen molar-refractivity contribution in [3.05, 3.63) is 58.8 Å². The lowest BCUT2D eigenvalue weighted by Crippen LogP contribution is -2.28. The minimum absolute atomic E-state index is 0.0103. The fourth-order valence-corrected chi connectivity index (χ4v) is 2.64. The van der Waals surface area contributed by atoms with E-state index in [1.54, 1.807) is 6.20 Å². The van der Waals surface area contributed by atoms with Crippen molar-refractivity contribution in [1.29, 1.82) is 0 Å². The van der Waals surface area contributed by atoms with Crippen molar-refractivity contribution >= 4 is 33.6 Å². The highest BCUT2D eigenvalue weighted by atomic mass is 79.9. The zero-order valence-electron chi connectivity index (χ0n) is 11.0. The zero-order valence-corrected chi connectivity index (χ0v) is 13.4. The van der Waals surface area contributed by atoms with E-state index >= 15 is 0 Å². The molecule has 0 spiro atoms. The van der Waals surface area contributed by atoms with E-state index in [2.05, 4.69) is 26.2 Å². The third kappa shape index (κ3) is 4.65. The first-order chi connectivity index (χ1) is 9.65. The first-order valence-electron chi connectivity index (χ1n) is 6.24. The van der Waals surface area contributed by atoms with Gasteiger partial charge in [-0.25, -0.2) is 0 Å². The largest absolute Gasteiger partial charge is 0.347 e. The maximum Gasteiger partial charge on any atom is 0.230 e. The van der Waals surface area contributed by atoms with Crippen molar-refractivity contribution < 1.29 is 4.79 Å². The Morgan fingerprint density at radius 2 is 2.05 bits per heavy atom. The number of hydrogen-bond acceptors (Lipinski definition) is 3. The highest BCUT2D eigenvalue weighted by Crippen LogP contribution is 2.20. The summed E-state index contributed by atoms with van der Waals surface area (Å²) in [6, 6.07) is 13.5. The fraction of sp³-hybridized carbons (Fsp3) is 0.200. The SMILES string of the molecule is CC(NC(=O)CSc1ccc(Br)cc1)c1ccccn1. The standard InChI is InChI=1S/C15H15BrN2OS/c1-11(14-4-2-3-9-17-14)18-15(19)10-20-13-7-5-12(16)6-8-13/h2-9,11H,10H2,1H3,(H,18,19). The minimum atomic E-state index is -0.0748. The monoisotopic (exact) mass is 350 g/mol. The van der Waals surface area contributed by atoms with Gasteiger partial charge in [0.05, 0.1) is 17.5 Å². The van der Waals surface area contributed by atoms with Gasteiger partial charge in [0, 0.05) is 15.6 Å². The molecule has 1 aromatic carbocycles. The number of halogens is 1. The van der Waals surface area contributed by atoms with Crippen LogP contribution in [0.2, 0.25) is 0 Å². The van der Waals surface area contributed by atoms with Gasteiger partial charge in [0.1, 0.15) is 0 Å². The number of nitrogens with zero attached hydrogens (tertiary/aromatic N) is 1. The molecule has 1 atom stereocenters.